The highest BCUT2D eigenvalue weighted by Gasteiger charge is 2.48. The van der Waals surface area contributed by atoms with E-state index in [-0.39, 0.29) is 19.0 Å². The van der Waals surface area contributed by atoms with E-state index < -0.39 is 21.6 Å². The number of piperidine rings is 1. The van der Waals surface area contributed by atoms with Gasteiger partial charge in [-0.05, 0) is 74.4 Å². The second-order valence-corrected chi connectivity index (χ2v) is 11.8. The average molecular weight is 502 g/mol. The number of carbonyl (C=O) groups excluding carboxylic acids is 2. The molecule has 1 saturated heterocycles. The molecule has 1 aliphatic carbocycles. The Morgan fingerprint density at radius 3 is 2.34 bits per heavy atom. The van der Waals surface area contributed by atoms with Gasteiger partial charge < -0.3 is 11.1 Å². The second-order valence-electron chi connectivity index (χ2n) is 9.95. The maximum atomic E-state index is 13.1. The minimum absolute atomic E-state index is 0.0852. The van der Waals surface area contributed by atoms with Crippen LogP contribution in [0.3, 0.4) is 0 Å². The summed E-state index contributed by atoms with van der Waals surface area (Å²) in [5.74, 6) is 1.04. The van der Waals surface area contributed by atoms with Gasteiger partial charge >= 0.3 is 6.03 Å². The number of nitrogens with one attached hydrogen (secondary N) is 1. The van der Waals surface area contributed by atoms with Crippen molar-refractivity contribution >= 4 is 39.6 Å². The van der Waals surface area contributed by atoms with Crippen LogP contribution in [0.25, 0.3) is 6.08 Å². The Labute approximate surface area is 207 Å². The van der Waals surface area contributed by atoms with Gasteiger partial charge in [-0.25, -0.2) is 13.2 Å². The van der Waals surface area contributed by atoms with Crippen molar-refractivity contribution in [1.29, 1.82) is 0 Å². The molecule has 35 heavy (non-hydrogen) atoms. The normalized spacial score (nSPS) is 21.3. The van der Waals surface area contributed by atoms with E-state index in [0.717, 1.165) is 48.2 Å². The van der Waals surface area contributed by atoms with E-state index in [2.05, 4.69) is 5.32 Å². The lowest BCUT2D eigenvalue weighted by atomic mass is 9.88. The first-order valence-corrected chi connectivity index (χ1v) is 13.8. The second kappa shape index (κ2) is 9.73. The lowest BCUT2D eigenvalue weighted by Gasteiger charge is -2.34. The number of hydrogen-bond donors (Lipinski definition) is 2. The molecule has 1 aromatic rings. The van der Waals surface area contributed by atoms with Gasteiger partial charge in [-0.1, -0.05) is 19.3 Å². The molecule has 1 aromatic carbocycles. The van der Waals surface area contributed by atoms with Crippen molar-refractivity contribution in [1.82, 2.24) is 9.62 Å². The Kier molecular flexibility index (Phi) is 7.06. The Balaban J connectivity index is 1.45. The first-order valence-electron chi connectivity index (χ1n) is 12.3. The first kappa shape index (κ1) is 25.4. The third-order valence-corrected chi connectivity index (χ3v) is 9.17. The number of carbonyl (C=O) groups is 2. The zero-order valence-corrected chi connectivity index (χ0v) is 21.5. The number of primary amides is 1. The summed E-state index contributed by atoms with van der Waals surface area (Å²) in [6.45, 7) is 4.23. The van der Waals surface area contributed by atoms with Gasteiger partial charge in [-0.3, -0.25) is 14.7 Å². The van der Waals surface area contributed by atoms with Gasteiger partial charge in [-0.15, -0.1) is 0 Å². The van der Waals surface area contributed by atoms with Crippen LogP contribution in [0, 0.1) is 19.8 Å². The van der Waals surface area contributed by atoms with E-state index >= 15 is 0 Å². The van der Waals surface area contributed by atoms with Crippen LogP contribution in [-0.2, 0) is 14.8 Å². The quantitative estimate of drug-likeness (QED) is 0.643. The van der Waals surface area contributed by atoms with Gasteiger partial charge in [0.15, 0.2) is 0 Å². The number of urea groups is 1. The highest BCUT2D eigenvalue weighted by atomic mass is 32.2. The summed E-state index contributed by atoms with van der Waals surface area (Å²) in [4.78, 5) is 30.5. The molecule has 2 aliphatic heterocycles. The van der Waals surface area contributed by atoms with Gasteiger partial charge in [-0.2, -0.15) is 4.31 Å². The van der Waals surface area contributed by atoms with E-state index in [0.29, 0.717) is 24.4 Å². The largest absolute Gasteiger partial charge is 0.351 e. The molecule has 2 fully saturated rings. The number of nitrogens with two attached hydrogens (primary N) is 1. The molecule has 0 bridgehead atoms. The molecule has 0 aromatic heterocycles. The smallest absolute Gasteiger partial charge is 0.318 e. The summed E-state index contributed by atoms with van der Waals surface area (Å²) >= 11 is 0. The summed E-state index contributed by atoms with van der Waals surface area (Å²) in [5, 5.41) is 4.24. The lowest BCUT2D eigenvalue weighted by molar-refractivity contribution is -0.125. The maximum Gasteiger partial charge on any atom is 0.318 e. The standard InChI is InChI=1S/C25H35N5O4S/c1-17-15-20(29(3)24(26)32)16-18(2)21(17)9-14-35(33,34)30-12-10-25(11-13-30)23(31)27-22(28-25)19-7-5-4-6-8-19/h9,14-16,19H,4-8,10-13H2,1-3H3,(H2,26,32)(H,27,28,31)/b14-9+. The molecule has 1 spiro atoms. The van der Waals surface area contributed by atoms with E-state index in [4.69, 9.17) is 10.7 Å². The fraction of sp³-hybridized carbons (Fsp3) is 0.560. The van der Waals surface area contributed by atoms with E-state index in [1.54, 1.807) is 25.3 Å². The molecule has 3 N–H and O–H groups in total. The Morgan fingerprint density at radius 1 is 1.17 bits per heavy atom. The Hall–Kier alpha value is -2.72. The van der Waals surface area contributed by atoms with Crippen LogP contribution in [0.1, 0.15) is 61.6 Å². The van der Waals surface area contributed by atoms with Crippen molar-refractivity contribution in [2.75, 3.05) is 25.0 Å². The molecule has 10 heteroatoms. The number of rotatable bonds is 5. The van der Waals surface area contributed by atoms with Gasteiger partial charge in [0.25, 0.3) is 5.91 Å². The Morgan fingerprint density at radius 2 is 1.77 bits per heavy atom. The highest BCUT2D eigenvalue weighted by Crippen LogP contribution is 2.35. The molecule has 1 saturated carbocycles. The van der Waals surface area contributed by atoms with Crippen molar-refractivity contribution < 1.29 is 18.0 Å². The lowest BCUT2D eigenvalue weighted by Crippen LogP contribution is -2.50. The zero-order valence-electron chi connectivity index (χ0n) is 20.7. The van der Waals surface area contributed by atoms with Crippen molar-refractivity contribution in [3.05, 3.63) is 34.2 Å². The predicted molar refractivity (Wildman–Crippen MR) is 138 cm³/mol. The van der Waals surface area contributed by atoms with Crippen molar-refractivity contribution in [3.8, 4) is 0 Å². The minimum atomic E-state index is -3.66. The zero-order chi connectivity index (χ0) is 25.4. The van der Waals surface area contributed by atoms with Crippen molar-refractivity contribution in [2.24, 2.45) is 16.6 Å². The highest BCUT2D eigenvalue weighted by molar-refractivity contribution is 7.92. The molecular formula is C25H35N5O4S. The Bertz CT molecular complexity index is 1150. The number of sulfonamides is 1. The SMILES string of the molecule is Cc1cc(N(C)C(N)=O)cc(C)c1/C=C/S(=O)(=O)N1CCC2(CC1)N=C(C1CCCCC1)NC2=O. The molecular weight excluding hydrogens is 466 g/mol. The molecule has 0 unspecified atom stereocenters. The molecule has 4 rings (SSSR count). The number of aliphatic imine (C=N–C) groups is 1. The van der Waals surface area contributed by atoms with Gasteiger partial charge in [0.2, 0.25) is 10.0 Å². The molecule has 190 valence electrons. The molecule has 2 heterocycles. The third-order valence-electron chi connectivity index (χ3n) is 7.60. The van der Waals surface area contributed by atoms with Gasteiger partial charge in [0, 0.05) is 37.2 Å². The number of aryl methyl sites for hydroxylation is 2. The van der Waals surface area contributed by atoms with Crippen LogP contribution in [0.15, 0.2) is 22.5 Å². The van der Waals surface area contributed by atoms with Gasteiger partial charge in [0.1, 0.15) is 11.4 Å². The molecule has 3 amide bonds. The molecule has 9 nitrogen and oxygen atoms in total. The van der Waals surface area contributed by atoms with Crippen LogP contribution < -0.4 is 16.0 Å². The van der Waals surface area contributed by atoms with Crippen LogP contribution in [0.5, 0.6) is 0 Å². The number of hydrogen-bond acceptors (Lipinski definition) is 5. The monoisotopic (exact) mass is 501 g/mol. The van der Waals surface area contributed by atoms with Crippen molar-refractivity contribution in [3.63, 3.8) is 0 Å². The average Bonchev–Trinajstić information content (AvgIpc) is 3.14. The number of anilines is 1. The van der Waals surface area contributed by atoms with Crippen molar-refractivity contribution in [2.45, 2.75) is 64.3 Å². The topological polar surface area (TPSA) is 125 Å². The summed E-state index contributed by atoms with van der Waals surface area (Å²) < 4.78 is 27.6. The van der Waals surface area contributed by atoms with E-state index in [1.807, 2.05) is 13.8 Å². The van der Waals surface area contributed by atoms with Crippen LogP contribution in [0.4, 0.5) is 10.5 Å². The summed E-state index contributed by atoms with van der Waals surface area (Å²) in [6.07, 6.45) is 8.03. The van der Waals surface area contributed by atoms with Crippen LogP contribution >= 0.6 is 0 Å². The maximum absolute atomic E-state index is 13.1. The molecule has 0 atom stereocenters. The predicted octanol–water partition coefficient (Wildman–Crippen LogP) is 3.06. The van der Waals surface area contributed by atoms with Crippen LogP contribution in [-0.4, -0.2) is 56.2 Å². The number of nitrogens with zero attached hydrogens (tertiary/aromatic N) is 3. The molecule has 3 aliphatic rings. The first-order chi connectivity index (χ1) is 16.5. The number of amidine groups is 1. The number of benzene rings is 1. The molecule has 0 radical (unpaired) electrons. The summed E-state index contributed by atoms with van der Waals surface area (Å²) in [7, 11) is -2.07. The van der Waals surface area contributed by atoms with E-state index in [9.17, 15) is 18.0 Å². The third kappa shape index (κ3) is 5.13. The van der Waals surface area contributed by atoms with Crippen LogP contribution in [0.2, 0.25) is 0 Å². The minimum Gasteiger partial charge on any atom is -0.351 e. The summed E-state index contributed by atoms with van der Waals surface area (Å²) in [6, 6.07) is 3.04. The van der Waals surface area contributed by atoms with Gasteiger partial charge in [0.05, 0.1) is 0 Å². The van der Waals surface area contributed by atoms with E-state index in [1.165, 1.54) is 21.0 Å². The fourth-order valence-corrected chi connectivity index (χ4v) is 6.51. The number of amides is 3. The fourth-order valence-electron chi connectivity index (χ4n) is 5.34. The summed E-state index contributed by atoms with van der Waals surface area (Å²) in [5.41, 5.74) is 7.62.